The van der Waals surface area contributed by atoms with Gasteiger partial charge in [-0.05, 0) is 26.0 Å². The molecule has 0 atom stereocenters. The number of carbonyl (C=O) groups is 1. The predicted molar refractivity (Wildman–Crippen MR) is 97.8 cm³/mol. The second-order valence-electron chi connectivity index (χ2n) is 5.73. The molecule has 5 heteroatoms. The molecule has 0 bridgehead atoms. The highest BCUT2D eigenvalue weighted by atomic mass is 35.5. The first kappa shape index (κ1) is 21.4. The SMILES string of the molecule is CCCN1CCN(CCC(=O)c2cccc(C)c2)CC1.Cl.Cl. The van der Waals surface area contributed by atoms with Gasteiger partial charge < -0.3 is 9.80 Å². The average molecular weight is 347 g/mol. The lowest BCUT2D eigenvalue weighted by Crippen LogP contribution is -2.46. The lowest BCUT2D eigenvalue weighted by atomic mass is 10.1. The summed E-state index contributed by atoms with van der Waals surface area (Å²) in [6, 6.07) is 7.91. The zero-order valence-corrected chi connectivity index (χ0v) is 15.2. The molecule has 0 aliphatic carbocycles. The first-order chi connectivity index (χ1) is 9.69. The molecule has 1 fully saturated rings. The normalized spacial score (nSPS) is 15.7. The summed E-state index contributed by atoms with van der Waals surface area (Å²) in [7, 11) is 0. The number of halogens is 2. The van der Waals surface area contributed by atoms with E-state index in [1.165, 1.54) is 13.0 Å². The number of hydrogen-bond donors (Lipinski definition) is 0. The summed E-state index contributed by atoms with van der Waals surface area (Å²) in [5.74, 6) is 0.268. The van der Waals surface area contributed by atoms with E-state index < -0.39 is 0 Å². The number of ketones is 1. The van der Waals surface area contributed by atoms with Crippen LogP contribution in [0.15, 0.2) is 24.3 Å². The maximum Gasteiger partial charge on any atom is 0.164 e. The summed E-state index contributed by atoms with van der Waals surface area (Å²) >= 11 is 0. The van der Waals surface area contributed by atoms with Crippen LogP contribution in [0, 0.1) is 6.92 Å². The van der Waals surface area contributed by atoms with Gasteiger partial charge in [0, 0.05) is 44.7 Å². The first-order valence-electron chi connectivity index (χ1n) is 7.73. The number of Topliss-reactive ketones (excluding diaryl/α,β-unsaturated/α-hetero) is 1. The molecular weight excluding hydrogens is 319 g/mol. The van der Waals surface area contributed by atoms with E-state index in [0.717, 1.165) is 43.9 Å². The highest BCUT2D eigenvalue weighted by Crippen LogP contribution is 2.09. The fraction of sp³-hybridized carbons (Fsp3) is 0.588. The monoisotopic (exact) mass is 346 g/mol. The summed E-state index contributed by atoms with van der Waals surface area (Å²) in [6.07, 6.45) is 1.86. The van der Waals surface area contributed by atoms with Crippen LogP contribution in [0.25, 0.3) is 0 Å². The average Bonchev–Trinajstić information content (AvgIpc) is 2.46. The van der Waals surface area contributed by atoms with Crippen molar-refractivity contribution in [3.05, 3.63) is 35.4 Å². The van der Waals surface area contributed by atoms with Gasteiger partial charge in [-0.15, -0.1) is 24.8 Å². The number of piperazine rings is 1. The number of hydrogen-bond acceptors (Lipinski definition) is 3. The van der Waals surface area contributed by atoms with Crippen molar-refractivity contribution in [3.8, 4) is 0 Å². The minimum atomic E-state index is 0. The van der Waals surface area contributed by atoms with Crippen LogP contribution in [-0.2, 0) is 0 Å². The third-order valence-electron chi connectivity index (χ3n) is 4.00. The Balaban J connectivity index is 0.00000220. The molecule has 1 aliphatic heterocycles. The summed E-state index contributed by atoms with van der Waals surface area (Å²) < 4.78 is 0. The fourth-order valence-electron chi connectivity index (χ4n) is 2.78. The van der Waals surface area contributed by atoms with Crippen LogP contribution in [0.3, 0.4) is 0 Å². The summed E-state index contributed by atoms with van der Waals surface area (Å²) in [4.78, 5) is 17.1. The summed E-state index contributed by atoms with van der Waals surface area (Å²) in [6.45, 7) is 10.8. The molecule has 0 radical (unpaired) electrons. The van der Waals surface area contributed by atoms with Gasteiger partial charge in [0.05, 0.1) is 0 Å². The number of benzene rings is 1. The predicted octanol–water partition coefficient (Wildman–Crippen LogP) is 3.44. The van der Waals surface area contributed by atoms with Crippen LogP contribution < -0.4 is 0 Å². The molecule has 1 saturated heterocycles. The van der Waals surface area contributed by atoms with E-state index >= 15 is 0 Å². The molecule has 3 nitrogen and oxygen atoms in total. The van der Waals surface area contributed by atoms with Crippen LogP contribution in [0.4, 0.5) is 0 Å². The van der Waals surface area contributed by atoms with Crippen molar-refractivity contribution in [2.24, 2.45) is 0 Å². The van der Waals surface area contributed by atoms with Crippen LogP contribution in [0.5, 0.6) is 0 Å². The number of carbonyl (C=O) groups excluding carboxylic acids is 1. The molecular formula is C17H28Cl2N2O. The Labute approximate surface area is 146 Å². The van der Waals surface area contributed by atoms with E-state index in [0.29, 0.717) is 6.42 Å². The Hall–Kier alpha value is -0.610. The third-order valence-corrected chi connectivity index (χ3v) is 4.00. The Morgan fingerprint density at radius 3 is 2.18 bits per heavy atom. The van der Waals surface area contributed by atoms with E-state index in [1.807, 2.05) is 31.2 Å². The minimum Gasteiger partial charge on any atom is -0.301 e. The van der Waals surface area contributed by atoms with E-state index in [9.17, 15) is 4.79 Å². The molecule has 0 saturated carbocycles. The van der Waals surface area contributed by atoms with Crippen molar-refractivity contribution in [1.29, 1.82) is 0 Å². The van der Waals surface area contributed by atoms with Gasteiger partial charge in [-0.1, -0.05) is 30.7 Å². The van der Waals surface area contributed by atoms with Crippen molar-refractivity contribution in [1.82, 2.24) is 9.80 Å². The Kier molecular flexibility index (Phi) is 10.7. The fourth-order valence-corrected chi connectivity index (χ4v) is 2.78. The lowest BCUT2D eigenvalue weighted by Gasteiger charge is -2.34. The number of aryl methyl sites for hydroxylation is 1. The second kappa shape index (κ2) is 11.0. The van der Waals surface area contributed by atoms with Crippen LogP contribution >= 0.6 is 24.8 Å². The van der Waals surface area contributed by atoms with Crippen molar-refractivity contribution >= 4 is 30.6 Å². The van der Waals surface area contributed by atoms with Crippen molar-refractivity contribution < 1.29 is 4.79 Å². The molecule has 0 spiro atoms. The highest BCUT2D eigenvalue weighted by molar-refractivity contribution is 5.96. The molecule has 1 aromatic carbocycles. The van der Waals surface area contributed by atoms with Crippen molar-refractivity contribution in [2.75, 3.05) is 39.3 Å². The van der Waals surface area contributed by atoms with Gasteiger partial charge in [-0.2, -0.15) is 0 Å². The van der Waals surface area contributed by atoms with Crippen LogP contribution in [-0.4, -0.2) is 54.9 Å². The largest absolute Gasteiger partial charge is 0.301 e. The molecule has 0 aromatic heterocycles. The molecule has 126 valence electrons. The topological polar surface area (TPSA) is 23.6 Å². The van der Waals surface area contributed by atoms with Gasteiger partial charge in [0.15, 0.2) is 5.78 Å². The van der Waals surface area contributed by atoms with Gasteiger partial charge in [-0.3, -0.25) is 4.79 Å². The molecule has 0 unspecified atom stereocenters. The summed E-state index contributed by atoms with van der Waals surface area (Å²) in [5.41, 5.74) is 2.01. The molecule has 1 heterocycles. The van der Waals surface area contributed by atoms with E-state index in [4.69, 9.17) is 0 Å². The number of rotatable bonds is 6. The third kappa shape index (κ3) is 6.66. The van der Waals surface area contributed by atoms with Gasteiger partial charge in [0.1, 0.15) is 0 Å². The van der Waals surface area contributed by atoms with Crippen molar-refractivity contribution in [3.63, 3.8) is 0 Å². The molecule has 0 amide bonds. The Morgan fingerprint density at radius 1 is 1.05 bits per heavy atom. The van der Waals surface area contributed by atoms with Gasteiger partial charge in [0.2, 0.25) is 0 Å². The minimum absolute atomic E-state index is 0. The standard InChI is InChI=1S/C17H26N2O.2ClH/c1-3-8-18-10-12-19(13-11-18)9-7-17(20)16-6-4-5-15(2)14-16;;/h4-6,14H,3,7-13H2,1-2H3;2*1H. The molecule has 22 heavy (non-hydrogen) atoms. The zero-order chi connectivity index (χ0) is 14.4. The molecule has 2 rings (SSSR count). The maximum atomic E-state index is 12.2. The second-order valence-corrected chi connectivity index (χ2v) is 5.73. The summed E-state index contributed by atoms with van der Waals surface area (Å²) in [5, 5.41) is 0. The van der Waals surface area contributed by atoms with E-state index in [1.54, 1.807) is 0 Å². The maximum absolute atomic E-state index is 12.2. The first-order valence-corrected chi connectivity index (χ1v) is 7.73. The lowest BCUT2D eigenvalue weighted by molar-refractivity contribution is 0.0928. The molecule has 1 aromatic rings. The Bertz CT molecular complexity index is 446. The van der Waals surface area contributed by atoms with Gasteiger partial charge in [-0.25, -0.2) is 0 Å². The number of nitrogens with zero attached hydrogens (tertiary/aromatic N) is 2. The quantitative estimate of drug-likeness (QED) is 0.737. The van der Waals surface area contributed by atoms with Gasteiger partial charge in [0.25, 0.3) is 0 Å². The Morgan fingerprint density at radius 2 is 1.64 bits per heavy atom. The van der Waals surface area contributed by atoms with Gasteiger partial charge >= 0.3 is 0 Å². The van der Waals surface area contributed by atoms with E-state index in [-0.39, 0.29) is 30.6 Å². The zero-order valence-electron chi connectivity index (χ0n) is 13.6. The van der Waals surface area contributed by atoms with Crippen molar-refractivity contribution in [2.45, 2.75) is 26.7 Å². The highest BCUT2D eigenvalue weighted by Gasteiger charge is 2.17. The molecule has 1 aliphatic rings. The smallest absolute Gasteiger partial charge is 0.164 e. The van der Waals surface area contributed by atoms with Crippen LogP contribution in [0.2, 0.25) is 0 Å². The van der Waals surface area contributed by atoms with E-state index in [2.05, 4.69) is 16.7 Å². The van der Waals surface area contributed by atoms with Crippen LogP contribution in [0.1, 0.15) is 35.7 Å². The molecule has 0 N–H and O–H groups in total.